The molecule has 0 aliphatic carbocycles. The van der Waals surface area contributed by atoms with Crippen molar-refractivity contribution in [3.05, 3.63) is 45.8 Å². The molecule has 0 bridgehead atoms. The number of hydrogen-bond acceptors (Lipinski definition) is 8. The fraction of sp³-hybridized carbons (Fsp3) is 0.478. The SMILES string of the molecule is CCN1CCc2c(sc(NC(=O)c3ccc(S(=O)(=O)N(CCOC)CCOC)cc3)c2C(N)=O)C1. The van der Waals surface area contributed by atoms with Crippen LogP contribution in [0.4, 0.5) is 5.00 Å². The molecule has 0 radical (unpaired) electrons. The van der Waals surface area contributed by atoms with Gasteiger partial charge in [0.15, 0.2) is 0 Å². The predicted molar refractivity (Wildman–Crippen MR) is 134 cm³/mol. The van der Waals surface area contributed by atoms with Crippen molar-refractivity contribution in [2.24, 2.45) is 5.73 Å². The molecule has 10 nitrogen and oxygen atoms in total. The number of primary amides is 1. The van der Waals surface area contributed by atoms with Gasteiger partial charge in [-0.3, -0.25) is 14.5 Å². The summed E-state index contributed by atoms with van der Waals surface area (Å²) in [7, 11) is -0.793. The molecule has 0 saturated heterocycles. The van der Waals surface area contributed by atoms with Crippen LogP contribution in [0.15, 0.2) is 29.2 Å². The molecule has 3 N–H and O–H groups in total. The van der Waals surface area contributed by atoms with Crippen LogP contribution in [0.5, 0.6) is 0 Å². The van der Waals surface area contributed by atoms with E-state index >= 15 is 0 Å². The van der Waals surface area contributed by atoms with Crippen LogP contribution in [0.3, 0.4) is 0 Å². The molecule has 1 aliphatic heterocycles. The number of ether oxygens (including phenoxy) is 2. The smallest absolute Gasteiger partial charge is 0.256 e. The van der Waals surface area contributed by atoms with E-state index in [2.05, 4.69) is 17.1 Å². The normalized spacial score (nSPS) is 14.2. The Balaban J connectivity index is 1.80. The average molecular weight is 525 g/mol. The topological polar surface area (TPSA) is 131 Å². The molecule has 1 aliphatic rings. The van der Waals surface area contributed by atoms with E-state index in [1.165, 1.54) is 54.1 Å². The number of amides is 2. The monoisotopic (exact) mass is 524 g/mol. The number of sulfonamides is 1. The molecule has 12 heteroatoms. The van der Waals surface area contributed by atoms with E-state index in [1.807, 2.05) is 0 Å². The zero-order valence-electron chi connectivity index (χ0n) is 20.2. The van der Waals surface area contributed by atoms with E-state index in [4.69, 9.17) is 15.2 Å². The van der Waals surface area contributed by atoms with Gasteiger partial charge in [-0.25, -0.2) is 8.42 Å². The summed E-state index contributed by atoms with van der Waals surface area (Å²) in [5.74, 6) is -1.02. The van der Waals surface area contributed by atoms with Crippen molar-refractivity contribution in [1.82, 2.24) is 9.21 Å². The third kappa shape index (κ3) is 6.26. The van der Waals surface area contributed by atoms with E-state index in [1.54, 1.807) is 0 Å². The lowest BCUT2D eigenvalue weighted by Gasteiger charge is -2.25. The second-order valence-electron chi connectivity index (χ2n) is 8.06. The molecule has 0 unspecified atom stereocenters. The highest BCUT2D eigenvalue weighted by molar-refractivity contribution is 7.89. The molecular formula is C23H32N4O6S2. The molecule has 2 heterocycles. The first kappa shape index (κ1) is 27.2. The second-order valence-corrected chi connectivity index (χ2v) is 11.1. The molecule has 0 spiro atoms. The first-order valence-corrected chi connectivity index (χ1v) is 13.5. The highest BCUT2D eigenvalue weighted by atomic mass is 32.2. The standard InChI is InChI=1S/C23H32N4O6S2/c1-4-26-10-9-18-19(15-26)34-23(20(18)21(24)28)25-22(29)16-5-7-17(8-6-16)35(30,31)27(11-13-32-2)12-14-33-3/h5-8H,4,9-15H2,1-3H3,(H2,24,28)(H,25,29). The van der Waals surface area contributed by atoms with Gasteiger partial charge in [-0.2, -0.15) is 4.31 Å². The van der Waals surface area contributed by atoms with Gasteiger partial charge < -0.3 is 20.5 Å². The molecule has 1 aromatic carbocycles. The van der Waals surface area contributed by atoms with Gasteiger partial charge in [-0.15, -0.1) is 11.3 Å². The Morgan fingerprint density at radius 3 is 2.31 bits per heavy atom. The second kappa shape index (κ2) is 12.1. The van der Waals surface area contributed by atoms with Gasteiger partial charge in [0, 0.05) is 50.8 Å². The Kier molecular flexibility index (Phi) is 9.39. The average Bonchev–Trinajstić information content (AvgIpc) is 3.21. The van der Waals surface area contributed by atoms with Gasteiger partial charge in [0.2, 0.25) is 10.0 Å². The predicted octanol–water partition coefficient (Wildman–Crippen LogP) is 1.76. The number of fused-ring (bicyclic) bond motifs is 1. The van der Waals surface area contributed by atoms with Crippen LogP contribution in [0, 0.1) is 0 Å². The summed E-state index contributed by atoms with van der Waals surface area (Å²) >= 11 is 1.36. The van der Waals surface area contributed by atoms with Crippen molar-refractivity contribution in [2.75, 3.05) is 58.9 Å². The van der Waals surface area contributed by atoms with Crippen molar-refractivity contribution in [2.45, 2.75) is 24.8 Å². The van der Waals surface area contributed by atoms with Crippen molar-refractivity contribution < 1.29 is 27.5 Å². The number of nitrogens with zero attached hydrogens (tertiary/aromatic N) is 2. The maximum absolute atomic E-state index is 13.1. The molecule has 2 amide bonds. The lowest BCUT2D eigenvalue weighted by molar-refractivity contribution is 0.1000. The quantitative estimate of drug-likeness (QED) is 0.433. The van der Waals surface area contributed by atoms with Crippen LogP contribution in [0.2, 0.25) is 0 Å². The van der Waals surface area contributed by atoms with Crippen LogP contribution in [0.25, 0.3) is 0 Å². The fourth-order valence-corrected chi connectivity index (χ4v) is 6.61. The Morgan fingerprint density at radius 1 is 1.14 bits per heavy atom. The largest absolute Gasteiger partial charge is 0.383 e. The Morgan fingerprint density at radius 2 is 1.77 bits per heavy atom. The van der Waals surface area contributed by atoms with Crippen LogP contribution < -0.4 is 11.1 Å². The minimum Gasteiger partial charge on any atom is -0.383 e. The van der Waals surface area contributed by atoms with Gasteiger partial charge >= 0.3 is 0 Å². The third-order valence-electron chi connectivity index (χ3n) is 5.90. The molecule has 192 valence electrons. The summed E-state index contributed by atoms with van der Waals surface area (Å²) < 4.78 is 37.5. The number of thiophene rings is 1. The van der Waals surface area contributed by atoms with Crippen molar-refractivity contribution in [3.8, 4) is 0 Å². The number of carbonyl (C=O) groups is 2. The number of nitrogens with one attached hydrogen (secondary N) is 1. The lowest BCUT2D eigenvalue weighted by Crippen LogP contribution is -2.36. The summed E-state index contributed by atoms with van der Waals surface area (Å²) in [4.78, 5) is 28.5. The molecule has 0 fully saturated rings. The van der Waals surface area contributed by atoms with Crippen LogP contribution in [0.1, 0.15) is 38.1 Å². The lowest BCUT2D eigenvalue weighted by atomic mass is 10.0. The summed E-state index contributed by atoms with van der Waals surface area (Å²) in [6.45, 7) is 5.36. The van der Waals surface area contributed by atoms with Gasteiger partial charge in [-0.1, -0.05) is 6.92 Å². The summed E-state index contributed by atoms with van der Waals surface area (Å²) in [5, 5.41) is 3.23. The van der Waals surface area contributed by atoms with Crippen molar-refractivity contribution >= 4 is 38.2 Å². The number of nitrogens with two attached hydrogens (primary N) is 1. The molecule has 2 aromatic rings. The van der Waals surface area contributed by atoms with E-state index < -0.39 is 21.8 Å². The molecule has 3 rings (SSSR count). The molecule has 1 aromatic heterocycles. The van der Waals surface area contributed by atoms with Crippen LogP contribution in [-0.2, 0) is 32.5 Å². The van der Waals surface area contributed by atoms with Crippen LogP contribution in [-0.4, -0.2) is 83.0 Å². The number of hydrogen-bond donors (Lipinski definition) is 2. The summed E-state index contributed by atoms with van der Waals surface area (Å²) in [6, 6.07) is 5.68. The van der Waals surface area contributed by atoms with Crippen molar-refractivity contribution in [3.63, 3.8) is 0 Å². The highest BCUT2D eigenvalue weighted by Crippen LogP contribution is 2.37. The van der Waals surface area contributed by atoms with Crippen molar-refractivity contribution in [1.29, 1.82) is 0 Å². The van der Waals surface area contributed by atoms with E-state index in [-0.39, 0.29) is 36.8 Å². The van der Waals surface area contributed by atoms with Gasteiger partial charge in [0.05, 0.1) is 23.7 Å². The maximum Gasteiger partial charge on any atom is 0.256 e. The highest BCUT2D eigenvalue weighted by Gasteiger charge is 2.28. The number of rotatable bonds is 12. The van der Waals surface area contributed by atoms with E-state index in [9.17, 15) is 18.0 Å². The molecular weight excluding hydrogens is 492 g/mol. The van der Waals surface area contributed by atoms with E-state index in [0.29, 0.717) is 23.5 Å². The zero-order chi connectivity index (χ0) is 25.6. The number of carbonyl (C=O) groups excluding carboxylic acids is 2. The van der Waals surface area contributed by atoms with E-state index in [0.717, 1.165) is 23.5 Å². The minimum absolute atomic E-state index is 0.0605. The number of likely N-dealkylation sites (N-methyl/N-ethyl adjacent to an activating group) is 1. The Bertz CT molecular complexity index is 1140. The molecule has 0 saturated carbocycles. The third-order valence-corrected chi connectivity index (χ3v) is 8.95. The molecule has 0 atom stereocenters. The summed E-state index contributed by atoms with van der Waals surface area (Å²) in [6.07, 6.45) is 0.697. The molecule has 35 heavy (non-hydrogen) atoms. The van der Waals surface area contributed by atoms with Gasteiger partial charge in [-0.05, 0) is 42.8 Å². The summed E-state index contributed by atoms with van der Waals surface area (Å²) in [5.41, 5.74) is 7.17. The van der Waals surface area contributed by atoms with Gasteiger partial charge in [0.1, 0.15) is 5.00 Å². The van der Waals surface area contributed by atoms with Gasteiger partial charge in [0.25, 0.3) is 11.8 Å². The Hall–Kier alpha value is -2.35. The maximum atomic E-state index is 13.1. The first-order valence-electron chi connectivity index (χ1n) is 11.3. The van der Waals surface area contributed by atoms with Crippen LogP contribution >= 0.6 is 11.3 Å². The first-order chi connectivity index (χ1) is 16.7. The minimum atomic E-state index is -3.80. The number of anilines is 1. The zero-order valence-corrected chi connectivity index (χ0v) is 21.8. The number of benzene rings is 1. The fourth-order valence-electron chi connectivity index (χ4n) is 3.92. The Labute approximate surface area is 210 Å². The number of methoxy groups -OCH3 is 2.